The fourth-order valence-corrected chi connectivity index (χ4v) is 1.21. The Hall–Kier alpha value is -1.15. The molecule has 76 valence electrons. The second kappa shape index (κ2) is 6.33. The quantitative estimate of drug-likeness (QED) is 0.775. The summed E-state index contributed by atoms with van der Waals surface area (Å²) >= 11 is 0. The Morgan fingerprint density at radius 1 is 1.57 bits per heavy atom. The van der Waals surface area contributed by atoms with Crippen LogP contribution in [-0.2, 0) is 0 Å². The van der Waals surface area contributed by atoms with Crippen LogP contribution in [0.3, 0.4) is 0 Å². The summed E-state index contributed by atoms with van der Waals surface area (Å²) in [6, 6.07) is 4.33. The zero-order chi connectivity index (χ0) is 10.2. The molecule has 1 aromatic rings. The van der Waals surface area contributed by atoms with E-state index in [0.29, 0.717) is 6.04 Å². The molecule has 1 heterocycles. The van der Waals surface area contributed by atoms with Crippen molar-refractivity contribution in [2.75, 3.05) is 0 Å². The first kappa shape index (κ1) is 10.9. The molecular weight excluding hydrogens is 172 g/mol. The third-order valence-corrected chi connectivity index (χ3v) is 2.22. The zero-order valence-corrected chi connectivity index (χ0v) is 8.69. The molecule has 1 rings (SSSR count). The highest BCUT2D eigenvalue weighted by Gasteiger charge is 1.95. The normalized spacial score (nSPS) is 13.3. The molecule has 0 saturated heterocycles. The van der Waals surface area contributed by atoms with Crippen molar-refractivity contribution in [3.05, 3.63) is 36.2 Å². The van der Waals surface area contributed by atoms with Crippen molar-refractivity contribution < 1.29 is 0 Å². The van der Waals surface area contributed by atoms with E-state index in [1.54, 1.807) is 6.20 Å². The average Bonchev–Trinajstić information content (AvgIpc) is 2.25. The van der Waals surface area contributed by atoms with Gasteiger partial charge < -0.3 is 5.73 Å². The fourth-order valence-electron chi connectivity index (χ4n) is 1.21. The van der Waals surface area contributed by atoms with Gasteiger partial charge in [-0.05, 0) is 30.9 Å². The third-order valence-electron chi connectivity index (χ3n) is 2.22. The molecule has 14 heavy (non-hydrogen) atoms. The maximum absolute atomic E-state index is 5.81. The molecule has 2 heteroatoms. The molecule has 0 aliphatic rings. The highest BCUT2D eigenvalue weighted by molar-refractivity contribution is 5.47. The molecule has 0 aliphatic heterocycles. The van der Waals surface area contributed by atoms with E-state index in [1.165, 1.54) is 0 Å². The number of nitrogens with two attached hydrogens (primary N) is 1. The van der Waals surface area contributed by atoms with Crippen molar-refractivity contribution in [3.8, 4) is 0 Å². The Morgan fingerprint density at radius 3 is 3.07 bits per heavy atom. The molecule has 0 aliphatic carbocycles. The predicted octanol–water partition coefficient (Wildman–Crippen LogP) is 2.61. The molecule has 1 atom stereocenters. The first-order valence-electron chi connectivity index (χ1n) is 5.15. The first-order chi connectivity index (χ1) is 6.83. The number of rotatable bonds is 5. The summed E-state index contributed by atoms with van der Waals surface area (Å²) in [7, 11) is 0. The number of pyridine rings is 1. The van der Waals surface area contributed by atoms with Gasteiger partial charge in [-0.25, -0.2) is 0 Å². The molecule has 2 nitrogen and oxygen atoms in total. The van der Waals surface area contributed by atoms with Crippen LogP contribution < -0.4 is 5.73 Å². The van der Waals surface area contributed by atoms with Crippen LogP contribution >= 0.6 is 0 Å². The number of hydrogen-bond donors (Lipinski definition) is 1. The number of aromatic nitrogens is 1. The van der Waals surface area contributed by atoms with Gasteiger partial charge in [-0.3, -0.25) is 4.98 Å². The van der Waals surface area contributed by atoms with Crippen molar-refractivity contribution in [1.82, 2.24) is 4.98 Å². The summed E-state index contributed by atoms with van der Waals surface area (Å²) in [6.45, 7) is 2.12. The van der Waals surface area contributed by atoms with Crippen LogP contribution in [0, 0.1) is 0 Å². The predicted molar refractivity (Wildman–Crippen MR) is 60.8 cm³/mol. The third kappa shape index (κ3) is 4.19. The molecule has 1 unspecified atom stereocenters. The molecule has 0 amide bonds. The van der Waals surface area contributed by atoms with Gasteiger partial charge in [0.25, 0.3) is 0 Å². The minimum absolute atomic E-state index is 0.341. The minimum Gasteiger partial charge on any atom is -0.328 e. The summed E-state index contributed by atoms with van der Waals surface area (Å²) in [4.78, 5) is 4.04. The Morgan fingerprint density at radius 2 is 2.43 bits per heavy atom. The summed E-state index contributed by atoms with van der Waals surface area (Å²) < 4.78 is 0. The maximum atomic E-state index is 5.81. The minimum atomic E-state index is 0.341. The van der Waals surface area contributed by atoms with Gasteiger partial charge >= 0.3 is 0 Å². The van der Waals surface area contributed by atoms with E-state index in [2.05, 4.69) is 24.1 Å². The van der Waals surface area contributed by atoms with Crippen molar-refractivity contribution in [1.29, 1.82) is 0 Å². The van der Waals surface area contributed by atoms with Gasteiger partial charge in [0.15, 0.2) is 0 Å². The molecular formula is C12H18N2. The first-order valence-corrected chi connectivity index (χ1v) is 5.15. The second-order valence-corrected chi connectivity index (χ2v) is 3.43. The van der Waals surface area contributed by atoms with Gasteiger partial charge in [0.05, 0.1) is 0 Å². The highest BCUT2D eigenvalue weighted by atomic mass is 14.6. The van der Waals surface area contributed by atoms with Gasteiger partial charge in [-0.2, -0.15) is 0 Å². The Labute approximate surface area is 85.9 Å². The van der Waals surface area contributed by atoms with Crippen LogP contribution in [0.1, 0.15) is 31.7 Å². The number of nitrogens with zero attached hydrogens (tertiary/aromatic N) is 1. The Balaban J connectivity index is 2.28. The van der Waals surface area contributed by atoms with Crippen LogP contribution in [0.5, 0.6) is 0 Å². The van der Waals surface area contributed by atoms with Crippen molar-refractivity contribution in [2.45, 2.75) is 32.2 Å². The van der Waals surface area contributed by atoms with Gasteiger partial charge in [0.1, 0.15) is 0 Å². The van der Waals surface area contributed by atoms with Gasteiger partial charge in [0.2, 0.25) is 0 Å². The van der Waals surface area contributed by atoms with Crippen LogP contribution in [0.2, 0.25) is 0 Å². The molecule has 0 spiro atoms. The zero-order valence-electron chi connectivity index (χ0n) is 8.69. The van der Waals surface area contributed by atoms with E-state index in [9.17, 15) is 0 Å². The molecule has 0 aromatic carbocycles. The standard InChI is InChI=1S/C12H18N2/c1-2-12(13)8-4-3-6-11-7-5-9-14-10-11/h3,5-7,9-10,12H,2,4,8,13H2,1H3/b6-3+. The van der Waals surface area contributed by atoms with Crippen LogP contribution in [0.25, 0.3) is 6.08 Å². The smallest absolute Gasteiger partial charge is 0.0340 e. The van der Waals surface area contributed by atoms with E-state index in [0.717, 1.165) is 24.8 Å². The SMILES string of the molecule is CCC(N)CC/C=C/c1cccnc1. The summed E-state index contributed by atoms with van der Waals surface area (Å²) in [6.07, 6.45) is 11.1. The summed E-state index contributed by atoms with van der Waals surface area (Å²) in [5.74, 6) is 0. The van der Waals surface area contributed by atoms with Gasteiger partial charge in [0, 0.05) is 18.4 Å². The van der Waals surface area contributed by atoms with Crippen molar-refractivity contribution >= 4 is 6.08 Å². The molecule has 2 N–H and O–H groups in total. The Bertz CT molecular complexity index is 267. The van der Waals surface area contributed by atoms with Crippen molar-refractivity contribution in [3.63, 3.8) is 0 Å². The summed E-state index contributed by atoms with van der Waals surface area (Å²) in [5.41, 5.74) is 6.96. The van der Waals surface area contributed by atoms with E-state index < -0.39 is 0 Å². The highest BCUT2D eigenvalue weighted by Crippen LogP contribution is 2.03. The van der Waals surface area contributed by atoms with E-state index in [-0.39, 0.29) is 0 Å². The Kier molecular flexibility index (Phi) is 4.94. The lowest BCUT2D eigenvalue weighted by molar-refractivity contribution is 0.603. The van der Waals surface area contributed by atoms with Crippen molar-refractivity contribution in [2.24, 2.45) is 5.73 Å². The largest absolute Gasteiger partial charge is 0.328 e. The number of hydrogen-bond acceptors (Lipinski definition) is 2. The molecule has 1 aromatic heterocycles. The lowest BCUT2D eigenvalue weighted by atomic mass is 10.1. The topological polar surface area (TPSA) is 38.9 Å². The average molecular weight is 190 g/mol. The second-order valence-electron chi connectivity index (χ2n) is 3.43. The fraction of sp³-hybridized carbons (Fsp3) is 0.417. The maximum Gasteiger partial charge on any atom is 0.0340 e. The monoisotopic (exact) mass is 190 g/mol. The molecule has 0 bridgehead atoms. The lowest BCUT2D eigenvalue weighted by Gasteiger charge is -2.04. The van der Waals surface area contributed by atoms with E-state index in [4.69, 9.17) is 5.73 Å². The summed E-state index contributed by atoms with van der Waals surface area (Å²) in [5, 5.41) is 0. The van der Waals surface area contributed by atoms with Crippen LogP contribution in [0.4, 0.5) is 0 Å². The van der Waals surface area contributed by atoms with Gasteiger partial charge in [-0.15, -0.1) is 0 Å². The molecule has 0 radical (unpaired) electrons. The van der Waals surface area contributed by atoms with Crippen LogP contribution in [0.15, 0.2) is 30.6 Å². The molecule has 0 saturated carbocycles. The van der Waals surface area contributed by atoms with Crippen LogP contribution in [-0.4, -0.2) is 11.0 Å². The van der Waals surface area contributed by atoms with E-state index in [1.807, 2.05) is 18.3 Å². The lowest BCUT2D eigenvalue weighted by Crippen LogP contribution is -2.17. The number of allylic oxidation sites excluding steroid dienone is 1. The molecule has 0 fully saturated rings. The van der Waals surface area contributed by atoms with E-state index >= 15 is 0 Å². The van der Waals surface area contributed by atoms with Gasteiger partial charge in [-0.1, -0.05) is 25.1 Å².